The Kier molecular flexibility index (Phi) is 4.33. The second-order valence-corrected chi connectivity index (χ2v) is 8.07. The van der Waals surface area contributed by atoms with Crippen molar-refractivity contribution < 1.29 is 8.42 Å². The molecule has 112 valence electrons. The number of nitrogens with two attached hydrogens (primary N) is 1. The predicted molar refractivity (Wildman–Crippen MR) is 82.3 cm³/mol. The minimum Gasteiger partial charge on any atom is -0.399 e. The minimum absolute atomic E-state index is 0.110. The van der Waals surface area contributed by atoms with E-state index >= 15 is 0 Å². The van der Waals surface area contributed by atoms with Gasteiger partial charge < -0.3 is 5.73 Å². The Hall–Kier alpha value is -0.780. The van der Waals surface area contributed by atoms with Crippen LogP contribution >= 0.6 is 11.6 Å². The smallest absolute Gasteiger partial charge is 0.244 e. The molecular formula is C14H21ClN2O2S. The van der Waals surface area contributed by atoms with Crippen molar-refractivity contribution >= 4 is 27.3 Å². The molecule has 1 aromatic carbocycles. The van der Waals surface area contributed by atoms with Gasteiger partial charge in [-0.1, -0.05) is 31.9 Å². The van der Waals surface area contributed by atoms with Crippen molar-refractivity contribution in [2.24, 2.45) is 5.41 Å². The van der Waals surface area contributed by atoms with Gasteiger partial charge in [-0.05, 0) is 36.5 Å². The number of benzene rings is 1. The molecule has 6 heteroatoms. The van der Waals surface area contributed by atoms with Gasteiger partial charge >= 0.3 is 0 Å². The highest BCUT2D eigenvalue weighted by molar-refractivity contribution is 7.89. The van der Waals surface area contributed by atoms with Gasteiger partial charge in [0.2, 0.25) is 10.0 Å². The first-order chi connectivity index (χ1) is 9.28. The van der Waals surface area contributed by atoms with Gasteiger partial charge in [-0.25, -0.2) is 8.42 Å². The lowest BCUT2D eigenvalue weighted by molar-refractivity contribution is 0.169. The summed E-state index contributed by atoms with van der Waals surface area (Å²) in [5.74, 6) is 0. The van der Waals surface area contributed by atoms with Crippen molar-refractivity contribution in [3.8, 4) is 0 Å². The number of sulfonamides is 1. The normalized spacial score (nSPS) is 19.9. The molecule has 0 unspecified atom stereocenters. The van der Waals surface area contributed by atoms with Crippen molar-refractivity contribution in [3.63, 3.8) is 0 Å². The Balaban J connectivity index is 2.26. The fourth-order valence-corrected chi connectivity index (χ4v) is 4.43. The number of rotatable bonds is 3. The highest BCUT2D eigenvalue weighted by Crippen LogP contribution is 2.36. The van der Waals surface area contributed by atoms with E-state index in [0.29, 0.717) is 18.8 Å². The van der Waals surface area contributed by atoms with Crippen molar-refractivity contribution in [3.05, 3.63) is 23.2 Å². The van der Waals surface area contributed by atoms with Gasteiger partial charge in [0.25, 0.3) is 0 Å². The first kappa shape index (κ1) is 15.6. The quantitative estimate of drug-likeness (QED) is 0.871. The summed E-state index contributed by atoms with van der Waals surface area (Å²) in [6, 6.07) is 4.57. The molecule has 1 aliphatic heterocycles. The fourth-order valence-electron chi connectivity index (χ4n) is 2.48. The molecule has 0 aromatic heterocycles. The van der Waals surface area contributed by atoms with Crippen LogP contribution in [0.4, 0.5) is 5.69 Å². The molecule has 0 aliphatic carbocycles. The number of anilines is 1. The summed E-state index contributed by atoms with van der Waals surface area (Å²) in [4.78, 5) is 0.110. The van der Waals surface area contributed by atoms with Gasteiger partial charge in [0.1, 0.15) is 4.90 Å². The molecule has 2 rings (SSSR count). The van der Waals surface area contributed by atoms with Crippen molar-refractivity contribution in [1.82, 2.24) is 4.31 Å². The van der Waals surface area contributed by atoms with Crippen LogP contribution in [0.3, 0.4) is 0 Å². The number of nitrogens with zero attached hydrogens (tertiary/aromatic N) is 1. The SMILES string of the molecule is CCC1(C)CCN(S(=O)(=O)c2cc(N)ccc2Cl)CC1. The van der Waals surface area contributed by atoms with E-state index in [0.717, 1.165) is 19.3 Å². The summed E-state index contributed by atoms with van der Waals surface area (Å²) in [7, 11) is -3.55. The zero-order valence-electron chi connectivity index (χ0n) is 11.9. The lowest BCUT2D eigenvalue weighted by atomic mass is 9.79. The maximum absolute atomic E-state index is 12.6. The Morgan fingerprint density at radius 2 is 1.95 bits per heavy atom. The second-order valence-electron chi connectivity index (χ2n) is 5.76. The molecule has 0 radical (unpaired) electrons. The summed E-state index contributed by atoms with van der Waals surface area (Å²) in [5.41, 5.74) is 6.32. The van der Waals surface area contributed by atoms with Gasteiger partial charge in [0.15, 0.2) is 0 Å². The van der Waals surface area contributed by atoms with E-state index in [1.165, 1.54) is 16.4 Å². The minimum atomic E-state index is -3.55. The van der Waals surface area contributed by atoms with Crippen LogP contribution in [0.2, 0.25) is 5.02 Å². The van der Waals surface area contributed by atoms with E-state index in [2.05, 4.69) is 13.8 Å². The van der Waals surface area contributed by atoms with Crippen LogP contribution in [0.15, 0.2) is 23.1 Å². The number of halogens is 1. The summed E-state index contributed by atoms with van der Waals surface area (Å²) in [6.07, 6.45) is 2.82. The third-order valence-electron chi connectivity index (χ3n) is 4.36. The molecule has 0 atom stereocenters. The van der Waals surface area contributed by atoms with Crippen molar-refractivity contribution in [2.75, 3.05) is 18.8 Å². The van der Waals surface area contributed by atoms with E-state index < -0.39 is 10.0 Å². The molecule has 0 spiro atoms. The molecule has 1 aromatic rings. The highest BCUT2D eigenvalue weighted by atomic mass is 35.5. The number of nitrogen functional groups attached to an aromatic ring is 1. The van der Waals surface area contributed by atoms with Crippen LogP contribution in [0.5, 0.6) is 0 Å². The number of hydrogen-bond acceptors (Lipinski definition) is 3. The standard InChI is InChI=1S/C14H21ClN2O2S/c1-3-14(2)6-8-17(9-7-14)20(18,19)13-10-11(16)4-5-12(13)15/h4-5,10H,3,6-9,16H2,1-2H3. The van der Waals surface area contributed by atoms with Gasteiger partial charge in [-0.3, -0.25) is 0 Å². The second kappa shape index (κ2) is 5.54. The summed E-state index contributed by atoms with van der Waals surface area (Å²) >= 11 is 6.02. The summed E-state index contributed by atoms with van der Waals surface area (Å²) < 4.78 is 26.8. The molecule has 1 aliphatic rings. The summed E-state index contributed by atoms with van der Waals surface area (Å²) in [6.45, 7) is 5.44. The maximum atomic E-state index is 12.6. The average molecular weight is 317 g/mol. The van der Waals surface area contributed by atoms with Crippen LogP contribution < -0.4 is 5.73 Å². The molecule has 0 bridgehead atoms. The molecule has 0 saturated carbocycles. The van der Waals surface area contributed by atoms with E-state index in [1.807, 2.05) is 0 Å². The fraction of sp³-hybridized carbons (Fsp3) is 0.571. The third kappa shape index (κ3) is 2.95. The Morgan fingerprint density at radius 3 is 2.50 bits per heavy atom. The first-order valence-corrected chi connectivity index (χ1v) is 8.65. The molecule has 1 heterocycles. The van der Waals surface area contributed by atoms with Gasteiger partial charge in [-0.15, -0.1) is 0 Å². The van der Waals surface area contributed by atoms with Crippen molar-refractivity contribution in [1.29, 1.82) is 0 Å². The lowest BCUT2D eigenvalue weighted by Crippen LogP contribution is -2.41. The van der Waals surface area contributed by atoms with Crippen LogP contribution in [0, 0.1) is 5.41 Å². The van der Waals surface area contributed by atoms with E-state index in [4.69, 9.17) is 17.3 Å². The zero-order valence-corrected chi connectivity index (χ0v) is 13.5. The van der Waals surface area contributed by atoms with E-state index in [-0.39, 0.29) is 15.3 Å². The Bertz CT molecular complexity index is 593. The lowest BCUT2D eigenvalue weighted by Gasteiger charge is -2.38. The average Bonchev–Trinajstić information content (AvgIpc) is 2.42. The molecule has 1 saturated heterocycles. The van der Waals surface area contributed by atoms with Crippen LogP contribution in [0.25, 0.3) is 0 Å². The largest absolute Gasteiger partial charge is 0.399 e. The third-order valence-corrected chi connectivity index (χ3v) is 6.74. The molecule has 20 heavy (non-hydrogen) atoms. The molecule has 2 N–H and O–H groups in total. The molecule has 4 nitrogen and oxygen atoms in total. The predicted octanol–water partition coefficient (Wildman–Crippen LogP) is 3.12. The molecule has 0 amide bonds. The zero-order chi connectivity index (χ0) is 15.0. The van der Waals surface area contributed by atoms with Crippen LogP contribution in [-0.4, -0.2) is 25.8 Å². The molecular weight excluding hydrogens is 296 g/mol. The van der Waals surface area contributed by atoms with Gasteiger partial charge in [-0.2, -0.15) is 4.31 Å². The number of hydrogen-bond donors (Lipinski definition) is 1. The van der Waals surface area contributed by atoms with E-state index in [9.17, 15) is 8.42 Å². The Morgan fingerprint density at radius 1 is 1.35 bits per heavy atom. The van der Waals surface area contributed by atoms with Crippen LogP contribution in [-0.2, 0) is 10.0 Å². The summed E-state index contributed by atoms with van der Waals surface area (Å²) in [5, 5.41) is 0.225. The maximum Gasteiger partial charge on any atom is 0.244 e. The highest BCUT2D eigenvalue weighted by Gasteiger charge is 2.35. The first-order valence-electron chi connectivity index (χ1n) is 6.84. The topological polar surface area (TPSA) is 63.4 Å². The Labute approximate surface area is 126 Å². The van der Waals surface area contributed by atoms with Gasteiger partial charge in [0, 0.05) is 18.8 Å². The number of piperidine rings is 1. The molecule has 1 fully saturated rings. The van der Waals surface area contributed by atoms with Crippen molar-refractivity contribution in [2.45, 2.75) is 38.0 Å². The van der Waals surface area contributed by atoms with Crippen LogP contribution in [0.1, 0.15) is 33.1 Å². The van der Waals surface area contributed by atoms with Gasteiger partial charge in [0.05, 0.1) is 5.02 Å². The van der Waals surface area contributed by atoms with E-state index in [1.54, 1.807) is 6.07 Å². The monoisotopic (exact) mass is 316 g/mol.